The van der Waals surface area contributed by atoms with Crippen LogP contribution < -0.4 is 10.6 Å². The average molecular weight is 160 g/mol. The van der Waals surface area contributed by atoms with E-state index in [1.165, 1.54) is 0 Å². The first kappa shape index (κ1) is 7.88. The molecule has 0 saturated carbocycles. The third-order valence-corrected chi connectivity index (χ3v) is 1.74. The van der Waals surface area contributed by atoms with Crippen LogP contribution in [0.25, 0.3) is 0 Å². The van der Waals surface area contributed by atoms with Gasteiger partial charge >= 0.3 is 0 Å². The molecule has 1 heterocycles. The zero-order chi connectivity index (χ0) is 7.56. The van der Waals surface area contributed by atoms with Crippen LogP contribution in [0.3, 0.4) is 0 Å². The summed E-state index contributed by atoms with van der Waals surface area (Å²) in [4.78, 5) is 10.9. The van der Waals surface area contributed by atoms with Crippen molar-refractivity contribution in [3.05, 3.63) is 0 Å². The maximum absolute atomic E-state index is 10.9. The maximum Gasteiger partial charge on any atom is 0.232 e. The van der Waals surface area contributed by atoms with Gasteiger partial charge in [0.15, 0.2) is 0 Å². The second kappa shape index (κ2) is 3.25. The van der Waals surface area contributed by atoms with Crippen molar-refractivity contribution in [1.82, 2.24) is 10.6 Å². The molecule has 0 aromatic rings. The lowest BCUT2D eigenvalue weighted by Crippen LogP contribution is -2.57. The van der Waals surface area contributed by atoms with Gasteiger partial charge in [-0.1, -0.05) is 0 Å². The molecule has 0 radical (unpaired) electrons. The molecule has 0 aliphatic carbocycles. The number of thiol groups is 1. The lowest BCUT2D eigenvalue weighted by Gasteiger charge is -2.28. The molecule has 1 amide bonds. The first-order valence-electron chi connectivity index (χ1n) is 3.39. The molecule has 58 valence electrons. The fourth-order valence-corrected chi connectivity index (χ4v) is 0.787. The monoisotopic (exact) mass is 160 g/mol. The molecule has 2 N–H and O–H groups in total. The third kappa shape index (κ3) is 1.88. The zero-order valence-electron chi connectivity index (χ0n) is 5.92. The molecule has 1 atom stereocenters. The van der Waals surface area contributed by atoms with Crippen LogP contribution in [0.4, 0.5) is 0 Å². The van der Waals surface area contributed by atoms with Crippen LogP contribution in [-0.4, -0.2) is 30.3 Å². The van der Waals surface area contributed by atoms with Gasteiger partial charge in [0.1, 0.15) is 0 Å². The molecule has 0 spiro atoms. The molecule has 1 aliphatic heterocycles. The van der Waals surface area contributed by atoms with Gasteiger partial charge in [0, 0.05) is 13.1 Å². The van der Waals surface area contributed by atoms with Gasteiger partial charge in [-0.25, -0.2) is 0 Å². The van der Waals surface area contributed by atoms with Crippen molar-refractivity contribution in [3.63, 3.8) is 0 Å². The van der Waals surface area contributed by atoms with Crippen LogP contribution >= 0.6 is 12.6 Å². The summed E-state index contributed by atoms with van der Waals surface area (Å²) >= 11 is 4.00. The van der Waals surface area contributed by atoms with E-state index in [9.17, 15) is 4.79 Å². The Morgan fingerprint density at radius 3 is 2.70 bits per heavy atom. The molecule has 1 aliphatic rings. The van der Waals surface area contributed by atoms with Gasteiger partial charge in [0.05, 0.1) is 11.3 Å². The lowest BCUT2D eigenvalue weighted by molar-refractivity contribution is -0.121. The topological polar surface area (TPSA) is 41.1 Å². The molecule has 1 saturated heterocycles. The van der Waals surface area contributed by atoms with Gasteiger partial charge in [-0.2, -0.15) is 12.6 Å². The molecule has 0 aromatic heterocycles. The fraction of sp³-hybridized carbons (Fsp3) is 0.833. The molecule has 0 bridgehead atoms. The fourth-order valence-electron chi connectivity index (χ4n) is 0.713. The molecule has 1 unspecified atom stereocenters. The van der Waals surface area contributed by atoms with Crippen LogP contribution in [0, 0.1) is 0 Å². The molecule has 0 aromatic carbocycles. The average Bonchev–Trinajstić information content (AvgIpc) is 1.77. The van der Waals surface area contributed by atoms with Crippen molar-refractivity contribution in [1.29, 1.82) is 0 Å². The Morgan fingerprint density at radius 2 is 2.40 bits per heavy atom. The van der Waals surface area contributed by atoms with E-state index < -0.39 is 0 Å². The quantitative estimate of drug-likeness (QED) is 0.472. The van der Waals surface area contributed by atoms with E-state index in [0.29, 0.717) is 6.04 Å². The van der Waals surface area contributed by atoms with Crippen LogP contribution in [-0.2, 0) is 4.79 Å². The van der Waals surface area contributed by atoms with E-state index >= 15 is 0 Å². The van der Waals surface area contributed by atoms with E-state index in [0.717, 1.165) is 13.1 Å². The second-order valence-corrected chi connectivity index (χ2v) is 3.31. The normalized spacial score (nSPS) is 21.4. The smallest absolute Gasteiger partial charge is 0.232 e. The van der Waals surface area contributed by atoms with Gasteiger partial charge in [-0.15, -0.1) is 0 Å². The van der Waals surface area contributed by atoms with Crippen molar-refractivity contribution in [2.45, 2.75) is 18.2 Å². The van der Waals surface area contributed by atoms with E-state index in [-0.39, 0.29) is 11.2 Å². The van der Waals surface area contributed by atoms with Gasteiger partial charge in [-0.05, 0) is 6.92 Å². The summed E-state index contributed by atoms with van der Waals surface area (Å²) in [6, 6.07) is 0.335. The van der Waals surface area contributed by atoms with E-state index in [4.69, 9.17) is 0 Å². The largest absolute Gasteiger partial charge is 0.350 e. The van der Waals surface area contributed by atoms with Crippen LogP contribution in [0.5, 0.6) is 0 Å². The van der Waals surface area contributed by atoms with Crippen LogP contribution in [0.15, 0.2) is 0 Å². The highest BCUT2D eigenvalue weighted by Gasteiger charge is 2.19. The molecule has 1 rings (SSSR count). The minimum atomic E-state index is -0.194. The number of amides is 1. The predicted molar refractivity (Wildman–Crippen MR) is 43.2 cm³/mol. The van der Waals surface area contributed by atoms with Crippen molar-refractivity contribution in [2.75, 3.05) is 13.1 Å². The number of carbonyl (C=O) groups is 1. The molecule has 10 heavy (non-hydrogen) atoms. The molecular weight excluding hydrogens is 148 g/mol. The van der Waals surface area contributed by atoms with E-state index in [1.54, 1.807) is 6.92 Å². The van der Waals surface area contributed by atoms with Gasteiger partial charge in [0.2, 0.25) is 5.91 Å². The van der Waals surface area contributed by atoms with E-state index in [2.05, 4.69) is 23.3 Å². The summed E-state index contributed by atoms with van der Waals surface area (Å²) in [5, 5.41) is 5.71. The Hall–Kier alpha value is -0.220. The van der Waals surface area contributed by atoms with Gasteiger partial charge in [-0.3, -0.25) is 4.79 Å². The number of nitrogens with one attached hydrogen (secondary N) is 2. The summed E-state index contributed by atoms with van der Waals surface area (Å²) in [5.41, 5.74) is 0. The Kier molecular flexibility index (Phi) is 2.56. The summed E-state index contributed by atoms with van der Waals surface area (Å²) in [6.07, 6.45) is 0. The van der Waals surface area contributed by atoms with Crippen LogP contribution in [0.1, 0.15) is 6.92 Å². The van der Waals surface area contributed by atoms with E-state index in [1.807, 2.05) is 0 Å². The van der Waals surface area contributed by atoms with Crippen molar-refractivity contribution in [3.8, 4) is 0 Å². The second-order valence-electron chi connectivity index (χ2n) is 2.54. The molecule has 1 fully saturated rings. The highest BCUT2D eigenvalue weighted by molar-refractivity contribution is 7.81. The summed E-state index contributed by atoms with van der Waals surface area (Å²) in [6.45, 7) is 3.56. The first-order valence-corrected chi connectivity index (χ1v) is 3.91. The Labute approximate surface area is 66.0 Å². The minimum absolute atomic E-state index is 0.0230. The number of hydrogen-bond acceptors (Lipinski definition) is 3. The number of carbonyl (C=O) groups excluding carboxylic acids is 1. The van der Waals surface area contributed by atoms with Crippen molar-refractivity contribution in [2.24, 2.45) is 0 Å². The van der Waals surface area contributed by atoms with Gasteiger partial charge < -0.3 is 10.6 Å². The number of hydrogen-bond donors (Lipinski definition) is 3. The summed E-state index contributed by atoms with van der Waals surface area (Å²) < 4.78 is 0. The Morgan fingerprint density at radius 1 is 1.80 bits per heavy atom. The summed E-state index contributed by atoms with van der Waals surface area (Å²) in [5.74, 6) is 0.0230. The van der Waals surface area contributed by atoms with Gasteiger partial charge in [0.25, 0.3) is 0 Å². The summed E-state index contributed by atoms with van der Waals surface area (Å²) in [7, 11) is 0. The zero-order valence-corrected chi connectivity index (χ0v) is 6.82. The lowest BCUT2D eigenvalue weighted by atomic mass is 10.2. The Bertz CT molecular complexity index is 134. The highest BCUT2D eigenvalue weighted by atomic mass is 32.1. The SMILES string of the molecule is CC(S)C(=O)NC1CNC1. The molecule has 3 nitrogen and oxygen atoms in total. The maximum atomic E-state index is 10.9. The van der Waals surface area contributed by atoms with Crippen LogP contribution in [0.2, 0.25) is 0 Å². The highest BCUT2D eigenvalue weighted by Crippen LogP contribution is 1.95. The predicted octanol–water partition coefficient (Wildman–Crippen LogP) is -0.607. The van der Waals surface area contributed by atoms with Crippen molar-refractivity contribution >= 4 is 18.5 Å². The van der Waals surface area contributed by atoms with Crippen molar-refractivity contribution < 1.29 is 4.79 Å². The third-order valence-electron chi connectivity index (χ3n) is 1.51. The Balaban J connectivity index is 2.17. The first-order chi connectivity index (χ1) is 4.70. The molecule has 4 heteroatoms. The standard InChI is InChI=1S/C6H12N2OS/c1-4(10)6(9)8-5-2-7-3-5/h4-5,7,10H,2-3H2,1H3,(H,8,9). The number of rotatable bonds is 2. The minimum Gasteiger partial charge on any atom is -0.350 e. The molecular formula is C6H12N2OS.